The molecule has 3 heterocycles. The number of hydrogen-bond acceptors (Lipinski definition) is 7. The smallest absolute Gasteiger partial charge is 0.416 e. The average Bonchev–Trinajstić information content (AvgIpc) is 3.19. The SMILES string of the molecule is Cc1ccc(-c2ccc(N3CCN(Cc4nnc(C(F)(F)F)o4)CC3)nn2)cc1. The van der Waals surface area contributed by atoms with Gasteiger partial charge in [0.1, 0.15) is 0 Å². The lowest BCUT2D eigenvalue weighted by molar-refractivity contribution is -0.157. The highest BCUT2D eigenvalue weighted by molar-refractivity contribution is 5.60. The number of nitrogens with zero attached hydrogens (tertiary/aromatic N) is 6. The molecule has 29 heavy (non-hydrogen) atoms. The minimum absolute atomic E-state index is 0.0342. The predicted molar refractivity (Wildman–Crippen MR) is 99.0 cm³/mol. The molecule has 0 spiro atoms. The summed E-state index contributed by atoms with van der Waals surface area (Å²) in [5.74, 6) is -0.569. The molecule has 7 nitrogen and oxygen atoms in total. The molecule has 1 aromatic carbocycles. The van der Waals surface area contributed by atoms with Crippen LogP contribution in [0, 0.1) is 6.92 Å². The molecule has 1 aliphatic heterocycles. The molecule has 0 unspecified atom stereocenters. The fourth-order valence-corrected chi connectivity index (χ4v) is 3.13. The minimum atomic E-state index is -4.62. The molecule has 0 radical (unpaired) electrons. The molecule has 0 bridgehead atoms. The minimum Gasteiger partial charge on any atom is -0.416 e. The van der Waals surface area contributed by atoms with Crippen molar-refractivity contribution in [1.29, 1.82) is 0 Å². The van der Waals surface area contributed by atoms with E-state index >= 15 is 0 Å². The number of aryl methyl sites for hydroxylation is 1. The topological polar surface area (TPSA) is 71.2 Å². The highest BCUT2D eigenvalue weighted by Gasteiger charge is 2.38. The molecular formula is C19H19F3N6O. The third-order valence-electron chi connectivity index (χ3n) is 4.76. The molecule has 1 fully saturated rings. The Morgan fingerprint density at radius 2 is 1.62 bits per heavy atom. The Bertz CT molecular complexity index is 947. The van der Waals surface area contributed by atoms with Gasteiger partial charge in [0.05, 0.1) is 12.2 Å². The van der Waals surface area contributed by atoms with Crippen LogP contribution in [0.1, 0.15) is 17.3 Å². The molecule has 0 atom stereocenters. The summed E-state index contributed by atoms with van der Waals surface area (Å²) in [5.41, 5.74) is 3.01. The van der Waals surface area contributed by atoms with Gasteiger partial charge in [-0.1, -0.05) is 29.8 Å². The van der Waals surface area contributed by atoms with E-state index in [-0.39, 0.29) is 12.4 Å². The second-order valence-electron chi connectivity index (χ2n) is 6.90. The zero-order valence-electron chi connectivity index (χ0n) is 15.7. The lowest BCUT2D eigenvalue weighted by Gasteiger charge is -2.34. The van der Waals surface area contributed by atoms with Crippen LogP contribution in [0.15, 0.2) is 40.8 Å². The number of anilines is 1. The highest BCUT2D eigenvalue weighted by atomic mass is 19.4. The van der Waals surface area contributed by atoms with Gasteiger partial charge < -0.3 is 9.32 Å². The largest absolute Gasteiger partial charge is 0.470 e. The standard InChI is InChI=1S/C19H19F3N6O/c1-13-2-4-14(5-3-13)15-6-7-16(24-23-15)28-10-8-27(9-11-28)12-17-25-26-18(29-17)19(20,21)22/h2-7H,8-12H2,1H3. The fraction of sp³-hybridized carbons (Fsp3) is 0.368. The Kier molecular flexibility index (Phi) is 5.18. The summed E-state index contributed by atoms with van der Waals surface area (Å²) >= 11 is 0. The van der Waals surface area contributed by atoms with E-state index in [0.717, 1.165) is 17.1 Å². The average molecular weight is 404 g/mol. The van der Waals surface area contributed by atoms with Crippen LogP contribution in [-0.2, 0) is 12.7 Å². The van der Waals surface area contributed by atoms with E-state index in [4.69, 9.17) is 4.42 Å². The van der Waals surface area contributed by atoms with E-state index in [9.17, 15) is 13.2 Å². The molecule has 152 valence electrons. The van der Waals surface area contributed by atoms with Crippen molar-refractivity contribution in [3.63, 3.8) is 0 Å². The third-order valence-corrected chi connectivity index (χ3v) is 4.76. The Hall–Kier alpha value is -3.01. The molecule has 3 aromatic rings. The lowest BCUT2D eigenvalue weighted by Crippen LogP contribution is -2.46. The maximum absolute atomic E-state index is 12.5. The Morgan fingerprint density at radius 3 is 2.21 bits per heavy atom. The molecule has 1 saturated heterocycles. The van der Waals surface area contributed by atoms with Crippen LogP contribution >= 0.6 is 0 Å². The second-order valence-corrected chi connectivity index (χ2v) is 6.90. The van der Waals surface area contributed by atoms with Crippen molar-refractivity contribution >= 4 is 5.82 Å². The lowest BCUT2D eigenvalue weighted by atomic mass is 10.1. The van der Waals surface area contributed by atoms with Gasteiger partial charge in [0.2, 0.25) is 5.89 Å². The highest BCUT2D eigenvalue weighted by Crippen LogP contribution is 2.28. The van der Waals surface area contributed by atoms with E-state index in [0.29, 0.717) is 26.2 Å². The number of rotatable bonds is 4. The first-order chi connectivity index (χ1) is 13.9. The van der Waals surface area contributed by atoms with E-state index in [1.807, 2.05) is 48.2 Å². The van der Waals surface area contributed by atoms with Crippen molar-refractivity contribution in [2.24, 2.45) is 0 Å². The van der Waals surface area contributed by atoms with Crippen molar-refractivity contribution in [2.45, 2.75) is 19.6 Å². The molecular weight excluding hydrogens is 385 g/mol. The van der Waals surface area contributed by atoms with E-state index < -0.39 is 12.1 Å². The Morgan fingerprint density at radius 1 is 0.897 bits per heavy atom. The number of hydrogen-bond donors (Lipinski definition) is 0. The van der Waals surface area contributed by atoms with Gasteiger partial charge in [0.15, 0.2) is 5.82 Å². The Balaban J connectivity index is 1.33. The maximum Gasteiger partial charge on any atom is 0.470 e. The monoisotopic (exact) mass is 404 g/mol. The van der Waals surface area contributed by atoms with Crippen molar-refractivity contribution in [3.8, 4) is 11.3 Å². The summed E-state index contributed by atoms with van der Waals surface area (Å²) in [4.78, 5) is 4.07. The van der Waals surface area contributed by atoms with Crippen molar-refractivity contribution in [3.05, 3.63) is 53.7 Å². The molecule has 10 heteroatoms. The molecule has 0 N–H and O–H groups in total. The van der Waals surface area contributed by atoms with Gasteiger partial charge in [-0.3, -0.25) is 4.90 Å². The van der Waals surface area contributed by atoms with Crippen LogP contribution in [-0.4, -0.2) is 51.5 Å². The number of piperazine rings is 1. The molecule has 4 rings (SSSR count). The van der Waals surface area contributed by atoms with E-state index in [2.05, 4.69) is 25.3 Å². The third kappa shape index (κ3) is 4.53. The van der Waals surface area contributed by atoms with Gasteiger partial charge in [-0.15, -0.1) is 20.4 Å². The summed E-state index contributed by atoms with van der Waals surface area (Å²) in [6.45, 7) is 4.87. The maximum atomic E-state index is 12.5. The zero-order chi connectivity index (χ0) is 20.4. The number of halogens is 3. The van der Waals surface area contributed by atoms with Gasteiger partial charge in [0, 0.05) is 31.7 Å². The zero-order valence-corrected chi connectivity index (χ0v) is 15.7. The summed E-state index contributed by atoms with van der Waals surface area (Å²) in [7, 11) is 0. The molecule has 1 aliphatic rings. The van der Waals surface area contributed by atoms with Gasteiger partial charge in [-0.2, -0.15) is 13.2 Å². The van der Waals surface area contributed by atoms with Crippen molar-refractivity contribution in [2.75, 3.05) is 31.1 Å². The number of aromatic nitrogens is 4. The first kappa shape index (κ1) is 19.3. The fourth-order valence-electron chi connectivity index (χ4n) is 3.13. The second kappa shape index (κ2) is 7.78. The Labute approximate surface area is 165 Å². The van der Waals surface area contributed by atoms with Crippen LogP contribution in [0.3, 0.4) is 0 Å². The van der Waals surface area contributed by atoms with Gasteiger partial charge in [-0.05, 0) is 19.1 Å². The summed E-state index contributed by atoms with van der Waals surface area (Å²) in [6, 6.07) is 12.0. The summed E-state index contributed by atoms with van der Waals surface area (Å²) in [5, 5.41) is 15.2. The first-order valence-electron chi connectivity index (χ1n) is 9.16. The molecule has 0 aliphatic carbocycles. The first-order valence-corrected chi connectivity index (χ1v) is 9.16. The van der Waals surface area contributed by atoms with Gasteiger partial charge >= 0.3 is 12.1 Å². The summed E-state index contributed by atoms with van der Waals surface area (Å²) in [6.07, 6.45) is -4.62. The predicted octanol–water partition coefficient (Wildman–Crippen LogP) is 3.18. The van der Waals surface area contributed by atoms with E-state index in [1.165, 1.54) is 5.56 Å². The van der Waals surface area contributed by atoms with Crippen molar-refractivity contribution in [1.82, 2.24) is 25.3 Å². The van der Waals surface area contributed by atoms with Crippen LogP contribution in [0.25, 0.3) is 11.3 Å². The van der Waals surface area contributed by atoms with Crippen LogP contribution in [0.4, 0.5) is 19.0 Å². The van der Waals surface area contributed by atoms with E-state index in [1.54, 1.807) is 0 Å². The van der Waals surface area contributed by atoms with Crippen LogP contribution in [0.5, 0.6) is 0 Å². The van der Waals surface area contributed by atoms with Crippen LogP contribution < -0.4 is 4.90 Å². The number of alkyl halides is 3. The number of benzene rings is 1. The molecule has 2 aromatic heterocycles. The van der Waals surface area contributed by atoms with Gasteiger partial charge in [-0.25, -0.2) is 0 Å². The van der Waals surface area contributed by atoms with Gasteiger partial charge in [0.25, 0.3) is 0 Å². The molecule has 0 amide bonds. The normalized spacial score (nSPS) is 15.7. The molecule has 0 saturated carbocycles. The quantitative estimate of drug-likeness (QED) is 0.661. The summed E-state index contributed by atoms with van der Waals surface area (Å²) < 4.78 is 42.3. The van der Waals surface area contributed by atoms with Crippen molar-refractivity contribution < 1.29 is 17.6 Å². The van der Waals surface area contributed by atoms with Crippen LogP contribution in [0.2, 0.25) is 0 Å².